The topological polar surface area (TPSA) is 50.4 Å². The number of rotatable bonds is 3. The maximum absolute atomic E-state index is 12.1. The summed E-state index contributed by atoms with van der Waals surface area (Å²) in [4.78, 5) is 12.1. The van der Waals surface area contributed by atoms with Gasteiger partial charge in [-0.05, 0) is 37.7 Å². The highest BCUT2D eigenvalue weighted by Gasteiger charge is 2.25. The Morgan fingerprint density at radius 2 is 2.00 bits per heavy atom. The predicted molar refractivity (Wildman–Crippen MR) is 86.6 cm³/mol. The van der Waals surface area contributed by atoms with E-state index in [1.165, 1.54) is 5.56 Å². The predicted octanol–water partition coefficient (Wildman–Crippen LogP) is 3.31. The molecule has 1 saturated heterocycles. The first-order valence-corrected chi connectivity index (χ1v) is 8.21. The van der Waals surface area contributed by atoms with Crippen LogP contribution in [0.4, 0.5) is 4.79 Å². The van der Waals surface area contributed by atoms with E-state index < -0.39 is 0 Å². The number of hydrogen-bond donors (Lipinski definition) is 2. The number of carbonyl (C=O) groups excluding carboxylic acids is 1. The molecule has 0 saturated carbocycles. The lowest BCUT2D eigenvalue weighted by atomic mass is 9.97. The highest BCUT2D eigenvalue weighted by atomic mass is 16.5. The van der Waals surface area contributed by atoms with Crippen LogP contribution in [0.25, 0.3) is 0 Å². The van der Waals surface area contributed by atoms with Crippen LogP contribution in [-0.2, 0) is 4.74 Å². The van der Waals surface area contributed by atoms with Crippen molar-refractivity contribution in [3.63, 3.8) is 0 Å². The van der Waals surface area contributed by atoms with E-state index in [0.717, 1.165) is 32.1 Å². The van der Waals surface area contributed by atoms with E-state index in [0.29, 0.717) is 6.61 Å². The zero-order valence-corrected chi connectivity index (χ0v) is 12.8. The smallest absolute Gasteiger partial charge is 0.315 e. The second-order valence-corrected chi connectivity index (χ2v) is 6.07. The second-order valence-electron chi connectivity index (χ2n) is 6.07. The van der Waals surface area contributed by atoms with Crippen molar-refractivity contribution in [3.8, 4) is 0 Å². The molecule has 1 aromatic rings. The lowest BCUT2D eigenvalue weighted by Crippen LogP contribution is -2.48. The number of urea groups is 1. The molecule has 0 radical (unpaired) electrons. The van der Waals surface area contributed by atoms with Crippen LogP contribution in [-0.4, -0.2) is 24.7 Å². The first-order valence-electron chi connectivity index (χ1n) is 8.21. The summed E-state index contributed by atoms with van der Waals surface area (Å²) in [5.41, 5.74) is 1.18. The summed E-state index contributed by atoms with van der Waals surface area (Å²) in [5, 5.41) is 6.15. The largest absolute Gasteiger partial charge is 0.373 e. The third kappa shape index (κ3) is 4.10. The Hall–Kier alpha value is -1.81. The number of amides is 2. The SMILES string of the molecule is O=C(N[C@@H]1CCO[C@H](c2ccccc2)C1)N[C@@H]1C=CCCC1. The minimum absolute atomic E-state index is 0.0599. The van der Waals surface area contributed by atoms with E-state index in [2.05, 4.69) is 34.9 Å². The van der Waals surface area contributed by atoms with Crippen molar-refractivity contribution >= 4 is 6.03 Å². The fourth-order valence-corrected chi connectivity index (χ4v) is 3.16. The molecule has 1 heterocycles. The van der Waals surface area contributed by atoms with Crippen molar-refractivity contribution < 1.29 is 9.53 Å². The van der Waals surface area contributed by atoms with Crippen LogP contribution < -0.4 is 10.6 Å². The first-order chi connectivity index (χ1) is 10.8. The third-order valence-electron chi connectivity index (χ3n) is 4.36. The normalized spacial score (nSPS) is 28.1. The zero-order chi connectivity index (χ0) is 15.2. The molecule has 0 spiro atoms. The van der Waals surface area contributed by atoms with Crippen molar-refractivity contribution in [1.82, 2.24) is 10.6 Å². The fraction of sp³-hybridized carbons (Fsp3) is 0.500. The van der Waals surface area contributed by atoms with E-state index in [1.54, 1.807) is 0 Å². The van der Waals surface area contributed by atoms with E-state index in [1.807, 2.05) is 18.2 Å². The second kappa shape index (κ2) is 7.45. The van der Waals surface area contributed by atoms with E-state index >= 15 is 0 Å². The highest BCUT2D eigenvalue weighted by Crippen LogP contribution is 2.27. The summed E-state index contributed by atoms with van der Waals surface area (Å²) in [7, 11) is 0. The van der Waals surface area contributed by atoms with Crippen molar-refractivity contribution in [3.05, 3.63) is 48.0 Å². The lowest BCUT2D eigenvalue weighted by Gasteiger charge is -2.31. The van der Waals surface area contributed by atoms with Crippen molar-refractivity contribution in [2.24, 2.45) is 0 Å². The van der Waals surface area contributed by atoms with Gasteiger partial charge in [-0.15, -0.1) is 0 Å². The zero-order valence-electron chi connectivity index (χ0n) is 12.8. The van der Waals surface area contributed by atoms with Gasteiger partial charge in [0.2, 0.25) is 0 Å². The standard InChI is InChI=1S/C18H24N2O2/c21-18(19-15-9-5-2-6-10-15)20-16-11-12-22-17(13-16)14-7-3-1-4-8-14/h1,3-5,7-9,15-17H,2,6,10-13H2,(H2,19,20,21)/t15-,16-,17+/m1/s1. The van der Waals surface area contributed by atoms with Crippen LogP contribution >= 0.6 is 0 Å². The molecule has 4 nitrogen and oxygen atoms in total. The van der Waals surface area contributed by atoms with Crippen molar-refractivity contribution in [1.29, 1.82) is 0 Å². The monoisotopic (exact) mass is 300 g/mol. The molecule has 1 aromatic carbocycles. The molecule has 2 aliphatic rings. The van der Waals surface area contributed by atoms with E-state index in [9.17, 15) is 4.79 Å². The van der Waals surface area contributed by atoms with Gasteiger partial charge in [0.05, 0.1) is 6.10 Å². The summed E-state index contributed by atoms with van der Waals surface area (Å²) < 4.78 is 5.84. The minimum atomic E-state index is -0.0599. The summed E-state index contributed by atoms with van der Waals surface area (Å²) in [6.07, 6.45) is 9.33. The number of nitrogens with one attached hydrogen (secondary N) is 2. The number of ether oxygens (including phenoxy) is 1. The number of allylic oxidation sites excluding steroid dienone is 1. The van der Waals surface area contributed by atoms with E-state index in [4.69, 9.17) is 4.74 Å². The summed E-state index contributed by atoms with van der Waals surface area (Å²) in [6, 6.07) is 10.5. The van der Waals surface area contributed by atoms with Gasteiger partial charge in [0.15, 0.2) is 0 Å². The molecule has 118 valence electrons. The molecule has 4 heteroatoms. The molecule has 2 N–H and O–H groups in total. The van der Waals surface area contributed by atoms with Gasteiger partial charge in [-0.1, -0.05) is 42.5 Å². The van der Waals surface area contributed by atoms with Crippen LogP contribution in [0.5, 0.6) is 0 Å². The molecule has 0 bridgehead atoms. The molecular weight excluding hydrogens is 276 g/mol. The maximum atomic E-state index is 12.1. The van der Waals surface area contributed by atoms with Crippen molar-refractivity contribution in [2.75, 3.05) is 6.61 Å². The Balaban J connectivity index is 1.50. The lowest BCUT2D eigenvalue weighted by molar-refractivity contribution is 0.00223. The molecule has 2 amide bonds. The maximum Gasteiger partial charge on any atom is 0.315 e. The Labute approximate surface area is 131 Å². The molecule has 3 atom stereocenters. The highest BCUT2D eigenvalue weighted by molar-refractivity contribution is 5.74. The number of benzene rings is 1. The van der Waals surface area contributed by atoms with Gasteiger partial charge in [-0.25, -0.2) is 4.79 Å². The molecule has 0 unspecified atom stereocenters. The third-order valence-corrected chi connectivity index (χ3v) is 4.36. The quantitative estimate of drug-likeness (QED) is 0.841. The molecule has 1 aliphatic carbocycles. The molecule has 1 aliphatic heterocycles. The summed E-state index contributed by atoms with van der Waals surface area (Å²) >= 11 is 0. The van der Waals surface area contributed by atoms with Gasteiger partial charge in [0.1, 0.15) is 0 Å². The van der Waals surface area contributed by atoms with E-state index in [-0.39, 0.29) is 24.2 Å². The Bertz CT molecular complexity index is 515. The molecule has 0 aromatic heterocycles. The average Bonchev–Trinajstić information content (AvgIpc) is 2.57. The van der Waals surface area contributed by atoms with Gasteiger partial charge in [0, 0.05) is 18.7 Å². The summed E-state index contributed by atoms with van der Waals surface area (Å²) in [6.45, 7) is 0.688. The van der Waals surface area contributed by atoms with Crippen LogP contribution in [0.1, 0.15) is 43.8 Å². The van der Waals surface area contributed by atoms with Crippen LogP contribution in [0, 0.1) is 0 Å². The van der Waals surface area contributed by atoms with Crippen LogP contribution in [0.15, 0.2) is 42.5 Å². The molecule has 22 heavy (non-hydrogen) atoms. The molecule has 3 rings (SSSR count). The van der Waals surface area contributed by atoms with Gasteiger partial charge < -0.3 is 15.4 Å². The molecular formula is C18H24N2O2. The minimum Gasteiger partial charge on any atom is -0.373 e. The van der Waals surface area contributed by atoms with Crippen molar-refractivity contribution in [2.45, 2.75) is 50.3 Å². The van der Waals surface area contributed by atoms with Gasteiger partial charge in [-0.3, -0.25) is 0 Å². The Kier molecular flexibility index (Phi) is 5.11. The van der Waals surface area contributed by atoms with Gasteiger partial charge in [0.25, 0.3) is 0 Å². The number of carbonyl (C=O) groups is 1. The average molecular weight is 300 g/mol. The molecule has 1 fully saturated rings. The Morgan fingerprint density at radius 3 is 2.77 bits per heavy atom. The van der Waals surface area contributed by atoms with Crippen LogP contribution in [0.3, 0.4) is 0 Å². The van der Waals surface area contributed by atoms with Crippen LogP contribution in [0.2, 0.25) is 0 Å². The Morgan fingerprint density at radius 1 is 1.14 bits per heavy atom. The van der Waals surface area contributed by atoms with Gasteiger partial charge in [-0.2, -0.15) is 0 Å². The fourth-order valence-electron chi connectivity index (χ4n) is 3.16. The number of hydrogen-bond acceptors (Lipinski definition) is 2. The first kappa shape index (κ1) is 15.1. The summed E-state index contributed by atoms with van der Waals surface area (Å²) in [5.74, 6) is 0. The van der Waals surface area contributed by atoms with Gasteiger partial charge >= 0.3 is 6.03 Å².